The third-order valence-electron chi connectivity index (χ3n) is 6.18. The quantitative estimate of drug-likeness (QED) is 0.314. The average Bonchev–Trinajstić information content (AvgIpc) is 3.49. The van der Waals surface area contributed by atoms with Crippen LogP contribution in [-0.2, 0) is 0 Å². The van der Waals surface area contributed by atoms with Crippen LogP contribution in [0, 0.1) is 5.41 Å². The average molecular weight is 462 g/mol. The van der Waals surface area contributed by atoms with Crippen LogP contribution < -0.4 is 10.6 Å². The van der Waals surface area contributed by atoms with Gasteiger partial charge in [0, 0.05) is 43.4 Å². The molecule has 5 rings (SSSR count). The van der Waals surface area contributed by atoms with Crippen molar-refractivity contribution in [2.45, 2.75) is 38.0 Å². The van der Waals surface area contributed by atoms with Crippen LogP contribution >= 0.6 is 11.3 Å². The van der Waals surface area contributed by atoms with Gasteiger partial charge < -0.3 is 20.9 Å². The van der Waals surface area contributed by atoms with E-state index in [1.54, 1.807) is 11.3 Å². The van der Waals surface area contributed by atoms with Crippen molar-refractivity contribution in [1.82, 2.24) is 25.1 Å². The molecule has 0 atom stereocenters. The highest BCUT2D eigenvalue weighted by molar-refractivity contribution is 7.15. The minimum Gasteiger partial charge on any atom is -0.374 e. The van der Waals surface area contributed by atoms with Crippen molar-refractivity contribution >= 4 is 45.1 Å². The number of hydrogen-bond donors (Lipinski definition) is 3. The fourth-order valence-electron chi connectivity index (χ4n) is 4.24. The van der Waals surface area contributed by atoms with Crippen molar-refractivity contribution in [2.75, 3.05) is 25.0 Å². The van der Waals surface area contributed by atoms with Gasteiger partial charge in [-0.3, -0.25) is 4.98 Å². The number of anilines is 2. The Morgan fingerprint density at radius 3 is 2.91 bits per heavy atom. The summed E-state index contributed by atoms with van der Waals surface area (Å²) in [5.41, 5.74) is 3.33. The van der Waals surface area contributed by atoms with Gasteiger partial charge in [0.05, 0.1) is 23.2 Å². The second kappa shape index (κ2) is 10.2. The topological polar surface area (TPSA) is 107 Å². The van der Waals surface area contributed by atoms with Gasteiger partial charge in [-0.25, -0.2) is 4.98 Å². The lowest BCUT2D eigenvalue weighted by molar-refractivity contribution is -0.587. The summed E-state index contributed by atoms with van der Waals surface area (Å²) in [4.78, 5) is 11.6. The van der Waals surface area contributed by atoms with Crippen LogP contribution in [0.25, 0.3) is 16.6 Å². The predicted octanol–water partition coefficient (Wildman–Crippen LogP) is 3.66. The second-order valence-corrected chi connectivity index (χ2v) is 9.54. The summed E-state index contributed by atoms with van der Waals surface area (Å²) in [6.07, 6.45) is 15.6. The molecule has 3 aromatic rings. The minimum atomic E-state index is 0.560. The van der Waals surface area contributed by atoms with E-state index in [1.807, 2.05) is 30.6 Å². The summed E-state index contributed by atoms with van der Waals surface area (Å²) in [5.74, 6) is 1.28. The monoisotopic (exact) mass is 461 g/mol. The molecular weight excluding hydrogens is 432 g/mol. The Labute approximate surface area is 197 Å². The minimum absolute atomic E-state index is 0.560. The van der Waals surface area contributed by atoms with Crippen LogP contribution in [0.4, 0.5) is 10.9 Å². The molecule has 3 aromatic heterocycles. The number of allylic oxidation sites excluding steroid dienone is 1. The number of pyridine rings is 2. The first kappa shape index (κ1) is 21.7. The van der Waals surface area contributed by atoms with Crippen LogP contribution in [0.3, 0.4) is 0 Å². The highest BCUT2D eigenvalue weighted by Crippen LogP contribution is 2.36. The molecule has 0 spiro atoms. The van der Waals surface area contributed by atoms with Gasteiger partial charge >= 0.3 is 0 Å². The Morgan fingerprint density at radius 2 is 2.12 bits per heavy atom. The summed E-state index contributed by atoms with van der Waals surface area (Å²) >= 11 is 1.62. The van der Waals surface area contributed by atoms with Crippen LogP contribution in [-0.4, -0.2) is 50.9 Å². The molecule has 4 N–H and O–H groups in total. The Kier molecular flexibility index (Phi) is 6.68. The third kappa shape index (κ3) is 5.26. The molecule has 1 aliphatic carbocycles. The molecular formula is C24H29N8S+. The van der Waals surface area contributed by atoms with Crippen LogP contribution in [0.1, 0.15) is 48.6 Å². The number of nitrogens with one attached hydrogen (secondary N) is 2. The summed E-state index contributed by atoms with van der Waals surface area (Å²) < 4.78 is 0. The highest BCUT2D eigenvalue weighted by atomic mass is 32.1. The van der Waals surface area contributed by atoms with Crippen molar-refractivity contribution in [1.29, 1.82) is 5.41 Å². The Balaban J connectivity index is 1.26. The maximum absolute atomic E-state index is 7.85. The van der Waals surface area contributed by atoms with E-state index in [1.165, 1.54) is 31.9 Å². The van der Waals surface area contributed by atoms with Crippen molar-refractivity contribution in [3.63, 3.8) is 0 Å². The van der Waals surface area contributed by atoms with Gasteiger partial charge in [0.2, 0.25) is 5.13 Å². The van der Waals surface area contributed by atoms with Gasteiger partial charge in [-0.05, 0) is 43.3 Å². The van der Waals surface area contributed by atoms with Gasteiger partial charge in [0.25, 0.3) is 0 Å². The van der Waals surface area contributed by atoms with E-state index >= 15 is 0 Å². The lowest BCUT2D eigenvalue weighted by atomic mass is 10.1. The number of hydrogen-bond acceptors (Lipinski definition) is 8. The van der Waals surface area contributed by atoms with Crippen molar-refractivity contribution in [2.24, 2.45) is 0 Å². The van der Waals surface area contributed by atoms with Gasteiger partial charge in [-0.1, -0.05) is 24.2 Å². The van der Waals surface area contributed by atoms with Gasteiger partial charge in [-0.2, -0.15) is 0 Å². The zero-order chi connectivity index (χ0) is 22.5. The molecule has 0 radical (unpaired) electrons. The largest absolute Gasteiger partial charge is 0.374 e. The number of rotatable bonds is 10. The highest BCUT2D eigenvalue weighted by Gasteiger charge is 2.21. The second-order valence-electron chi connectivity index (χ2n) is 8.53. The van der Waals surface area contributed by atoms with Crippen LogP contribution in [0.2, 0.25) is 0 Å². The predicted molar refractivity (Wildman–Crippen MR) is 133 cm³/mol. The van der Waals surface area contributed by atoms with E-state index in [0.29, 0.717) is 5.92 Å². The number of aromatic nitrogens is 4. The molecule has 1 fully saturated rings. The number of fused-ring (bicyclic) bond motifs is 1. The van der Waals surface area contributed by atoms with Crippen LogP contribution in [0.5, 0.6) is 0 Å². The Bertz CT molecular complexity index is 1180. The normalized spacial score (nSPS) is 16.4. The molecule has 0 saturated heterocycles. The maximum atomic E-state index is 7.85. The molecule has 1 aliphatic heterocycles. The zero-order valence-corrected chi connectivity index (χ0v) is 19.4. The molecule has 0 bridgehead atoms. The first-order valence-electron chi connectivity index (χ1n) is 11.6. The van der Waals surface area contributed by atoms with Crippen molar-refractivity contribution in [3.05, 3.63) is 53.4 Å². The van der Waals surface area contributed by atoms with Crippen molar-refractivity contribution in [3.8, 4) is 0 Å². The first-order chi connectivity index (χ1) is 16.3. The SMILES string of the molecule is N=C/C(=C\[NH2+]CCCN1C=CC1)c1cnc2ccc(Nc3nnc(C4CCCC4)s3)nc2c1. The number of quaternary nitrogens is 1. The molecule has 2 aliphatic rings. The molecule has 8 nitrogen and oxygen atoms in total. The maximum Gasteiger partial charge on any atom is 0.211 e. The van der Waals surface area contributed by atoms with E-state index in [0.717, 1.165) is 64.2 Å². The van der Waals surface area contributed by atoms with Crippen molar-refractivity contribution < 1.29 is 5.32 Å². The number of nitrogens with two attached hydrogens (primary N) is 1. The van der Waals surface area contributed by atoms with Gasteiger partial charge in [0.1, 0.15) is 17.0 Å². The van der Waals surface area contributed by atoms with Gasteiger partial charge in [-0.15, -0.1) is 10.2 Å². The van der Waals surface area contributed by atoms with E-state index in [2.05, 4.69) is 43.0 Å². The molecule has 1 saturated carbocycles. The fourth-order valence-corrected chi connectivity index (χ4v) is 5.16. The molecule has 0 aromatic carbocycles. The molecule has 170 valence electrons. The molecule has 0 amide bonds. The van der Waals surface area contributed by atoms with E-state index in [9.17, 15) is 0 Å². The summed E-state index contributed by atoms with van der Waals surface area (Å²) in [7, 11) is 0. The summed E-state index contributed by atoms with van der Waals surface area (Å²) in [6, 6.07) is 5.87. The zero-order valence-electron chi connectivity index (χ0n) is 18.6. The van der Waals surface area contributed by atoms with Crippen LogP contribution in [0.15, 0.2) is 42.9 Å². The number of nitrogens with zero attached hydrogens (tertiary/aromatic N) is 5. The van der Waals surface area contributed by atoms with Gasteiger partial charge in [0.15, 0.2) is 0 Å². The molecule has 0 unspecified atom stereocenters. The molecule has 9 heteroatoms. The Hall–Kier alpha value is -3.17. The summed E-state index contributed by atoms with van der Waals surface area (Å²) in [6.45, 7) is 3.13. The van der Waals surface area contributed by atoms with E-state index in [-0.39, 0.29) is 0 Å². The smallest absolute Gasteiger partial charge is 0.211 e. The molecule has 4 heterocycles. The standard InChI is InChI=1S/C24H28N8S/c25-14-19(15-26-9-3-10-32-11-4-12-32)18-13-21-20(27-16-18)7-8-22(28-21)29-24-31-30-23(33-24)17-5-1-2-6-17/h4,7-8,11,13-17,25-26H,1-3,5-6,9-10,12H2,(H,28,29,31)/p+1/b19-15+,25-14?. The van der Waals surface area contributed by atoms with E-state index in [4.69, 9.17) is 10.4 Å². The fraction of sp³-hybridized carbons (Fsp3) is 0.375. The molecule has 33 heavy (non-hydrogen) atoms. The Morgan fingerprint density at radius 1 is 1.24 bits per heavy atom. The summed E-state index contributed by atoms with van der Waals surface area (Å²) in [5, 5.41) is 23.9. The van der Waals surface area contributed by atoms with E-state index < -0.39 is 0 Å². The lowest BCUT2D eigenvalue weighted by Crippen LogP contribution is -2.78. The lowest BCUT2D eigenvalue weighted by Gasteiger charge is -2.24. The third-order valence-corrected chi connectivity index (χ3v) is 7.18. The first-order valence-corrected chi connectivity index (χ1v) is 12.4.